The van der Waals surface area contributed by atoms with Crippen LogP contribution in [0.5, 0.6) is 5.75 Å². The topological polar surface area (TPSA) is 61.4 Å². The van der Waals surface area contributed by atoms with Crippen molar-refractivity contribution in [3.8, 4) is 5.75 Å². The van der Waals surface area contributed by atoms with Gasteiger partial charge in [-0.05, 0) is 58.9 Å². The average molecular weight is 371 g/mol. The summed E-state index contributed by atoms with van der Waals surface area (Å²) in [7, 11) is 0. The van der Waals surface area contributed by atoms with Gasteiger partial charge in [-0.15, -0.1) is 0 Å². The fourth-order valence-electron chi connectivity index (χ4n) is 2.45. The van der Waals surface area contributed by atoms with Crippen LogP contribution in [0.3, 0.4) is 0 Å². The molecular formula is C21H26N2O2S. The van der Waals surface area contributed by atoms with E-state index in [4.69, 9.17) is 12.2 Å². The van der Waals surface area contributed by atoms with Crippen molar-refractivity contribution in [3.63, 3.8) is 0 Å². The van der Waals surface area contributed by atoms with Gasteiger partial charge in [0.1, 0.15) is 5.75 Å². The highest BCUT2D eigenvalue weighted by atomic mass is 32.1. The van der Waals surface area contributed by atoms with Crippen molar-refractivity contribution >= 4 is 28.9 Å². The molecule has 0 bridgehead atoms. The van der Waals surface area contributed by atoms with Gasteiger partial charge in [0, 0.05) is 5.56 Å². The van der Waals surface area contributed by atoms with Gasteiger partial charge in [-0.3, -0.25) is 10.1 Å². The first kappa shape index (κ1) is 19.9. The van der Waals surface area contributed by atoms with Crippen LogP contribution in [0, 0.1) is 0 Å². The molecule has 26 heavy (non-hydrogen) atoms. The average Bonchev–Trinajstić information content (AvgIpc) is 2.55. The second-order valence-corrected chi connectivity index (χ2v) is 8.08. The maximum atomic E-state index is 12.3. The standard InChI is InChI=1S/C21H26N2O2S/c1-13(2)14-6-8-15(9-7-14)19(25)23-20(26)22-17-12-16(21(3,4)5)10-11-18(17)24/h6-13,24H,1-5H3,(H2,22,23,25,26). The Bertz CT molecular complexity index is 806. The predicted octanol–water partition coefficient (Wildman–Crippen LogP) is 4.94. The van der Waals surface area contributed by atoms with Gasteiger partial charge in [-0.1, -0.05) is 52.8 Å². The van der Waals surface area contributed by atoms with Gasteiger partial charge in [0.15, 0.2) is 5.11 Å². The van der Waals surface area contributed by atoms with E-state index in [0.717, 1.165) is 5.56 Å². The Labute approximate surface area is 160 Å². The van der Waals surface area contributed by atoms with Gasteiger partial charge >= 0.3 is 0 Å². The lowest BCUT2D eigenvalue weighted by molar-refractivity contribution is 0.0977. The molecule has 2 rings (SSSR count). The highest BCUT2D eigenvalue weighted by Crippen LogP contribution is 2.30. The third kappa shape index (κ3) is 5.05. The molecule has 2 aromatic carbocycles. The van der Waals surface area contributed by atoms with Crippen LogP contribution in [0.4, 0.5) is 5.69 Å². The number of phenolic OH excluding ortho intramolecular Hbond substituents is 1. The van der Waals surface area contributed by atoms with Gasteiger partial charge in [0.25, 0.3) is 5.91 Å². The van der Waals surface area contributed by atoms with Crippen molar-refractivity contribution in [1.82, 2.24) is 5.32 Å². The van der Waals surface area contributed by atoms with Gasteiger partial charge in [0.2, 0.25) is 0 Å². The van der Waals surface area contributed by atoms with Crippen molar-refractivity contribution in [1.29, 1.82) is 0 Å². The molecule has 0 atom stereocenters. The highest BCUT2D eigenvalue weighted by molar-refractivity contribution is 7.80. The van der Waals surface area contributed by atoms with E-state index in [-0.39, 0.29) is 22.2 Å². The van der Waals surface area contributed by atoms with E-state index >= 15 is 0 Å². The van der Waals surface area contributed by atoms with Crippen LogP contribution in [0.1, 0.15) is 62.0 Å². The molecule has 5 heteroatoms. The Morgan fingerprint density at radius 3 is 2.23 bits per heavy atom. The van der Waals surface area contributed by atoms with Crippen molar-refractivity contribution < 1.29 is 9.90 Å². The number of carbonyl (C=O) groups is 1. The van der Waals surface area contributed by atoms with Gasteiger partial charge in [0.05, 0.1) is 5.69 Å². The number of aromatic hydroxyl groups is 1. The second-order valence-electron chi connectivity index (χ2n) is 7.67. The second kappa shape index (κ2) is 7.87. The first-order chi connectivity index (χ1) is 12.1. The number of anilines is 1. The number of carbonyl (C=O) groups excluding carboxylic acids is 1. The third-order valence-electron chi connectivity index (χ3n) is 4.18. The van der Waals surface area contributed by atoms with Crippen LogP contribution in [-0.4, -0.2) is 16.1 Å². The number of hydrogen-bond acceptors (Lipinski definition) is 3. The molecule has 0 aliphatic carbocycles. The summed E-state index contributed by atoms with van der Waals surface area (Å²) in [6, 6.07) is 12.8. The summed E-state index contributed by atoms with van der Waals surface area (Å²) in [5.41, 5.74) is 3.17. The molecule has 0 unspecified atom stereocenters. The van der Waals surface area contributed by atoms with Crippen LogP contribution in [-0.2, 0) is 5.41 Å². The minimum absolute atomic E-state index is 0.0623. The van der Waals surface area contributed by atoms with Crippen LogP contribution in [0.25, 0.3) is 0 Å². The minimum Gasteiger partial charge on any atom is -0.506 e. The highest BCUT2D eigenvalue weighted by Gasteiger charge is 2.16. The molecule has 0 heterocycles. The summed E-state index contributed by atoms with van der Waals surface area (Å²) < 4.78 is 0. The summed E-state index contributed by atoms with van der Waals surface area (Å²) >= 11 is 5.22. The fourth-order valence-corrected chi connectivity index (χ4v) is 2.65. The van der Waals surface area contributed by atoms with Crippen molar-refractivity contribution in [2.45, 2.75) is 46.0 Å². The van der Waals surface area contributed by atoms with Crippen LogP contribution >= 0.6 is 12.2 Å². The number of nitrogens with one attached hydrogen (secondary N) is 2. The molecule has 0 fully saturated rings. The molecule has 1 amide bonds. The normalized spacial score (nSPS) is 11.3. The maximum absolute atomic E-state index is 12.3. The maximum Gasteiger partial charge on any atom is 0.257 e. The molecule has 2 aromatic rings. The van der Waals surface area contributed by atoms with Crippen LogP contribution in [0.2, 0.25) is 0 Å². The first-order valence-corrected chi connectivity index (χ1v) is 9.04. The lowest BCUT2D eigenvalue weighted by Crippen LogP contribution is -2.34. The summed E-state index contributed by atoms with van der Waals surface area (Å²) in [6.07, 6.45) is 0. The number of rotatable bonds is 3. The van der Waals surface area contributed by atoms with Gasteiger partial charge in [-0.2, -0.15) is 0 Å². The third-order valence-corrected chi connectivity index (χ3v) is 4.38. The Kier molecular flexibility index (Phi) is 6.03. The molecule has 0 aromatic heterocycles. The molecule has 0 aliphatic heterocycles. The fraction of sp³-hybridized carbons (Fsp3) is 0.333. The molecule has 0 saturated carbocycles. The number of thiocarbonyl (C=S) groups is 1. The summed E-state index contributed by atoms with van der Waals surface area (Å²) in [5, 5.41) is 15.7. The SMILES string of the molecule is CC(C)c1ccc(C(=O)NC(=S)Nc2cc(C(C)(C)C)ccc2O)cc1. The summed E-state index contributed by atoms with van der Waals surface area (Å²) in [5.74, 6) is 0.202. The molecule has 3 N–H and O–H groups in total. The molecule has 0 spiro atoms. The van der Waals surface area contributed by atoms with Crippen molar-refractivity contribution in [2.75, 3.05) is 5.32 Å². The van der Waals surface area contributed by atoms with Crippen LogP contribution in [0.15, 0.2) is 42.5 Å². The molecule has 4 nitrogen and oxygen atoms in total. The Morgan fingerprint density at radius 2 is 1.69 bits per heavy atom. The quantitative estimate of drug-likeness (QED) is 0.529. The van der Waals surface area contributed by atoms with E-state index in [1.54, 1.807) is 18.2 Å². The Morgan fingerprint density at radius 1 is 1.08 bits per heavy atom. The number of amides is 1. The van der Waals surface area contributed by atoms with E-state index in [1.807, 2.05) is 24.3 Å². The predicted molar refractivity (Wildman–Crippen MR) is 111 cm³/mol. The Balaban J connectivity index is 2.07. The summed E-state index contributed by atoms with van der Waals surface area (Å²) in [6.45, 7) is 10.5. The number of phenols is 1. The zero-order chi connectivity index (χ0) is 19.5. The van der Waals surface area contributed by atoms with Gasteiger partial charge < -0.3 is 10.4 Å². The van der Waals surface area contributed by atoms with E-state index in [9.17, 15) is 9.90 Å². The lowest BCUT2D eigenvalue weighted by Gasteiger charge is -2.21. The zero-order valence-corrected chi connectivity index (χ0v) is 16.7. The molecule has 138 valence electrons. The minimum atomic E-state index is -0.288. The monoisotopic (exact) mass is 370 g/mol. The molecular weight excluding hydrogens is 344 g/mol. The molecule has 0 radical (unpaired) electrons. The first-order valence-electron chi connectivity index (χ1n) is 8.63. The van der Waals surface area contributed by atoms with E-state index in [0.29, 0.717) is 17.2 Å². The van der Waals surface area contributed by atoms with E-state index in [2.05, 4.69) is 45.3 Å². The zero-order valence-electron chi connectivity index (χ0n) is 15.9. The number of benzene rings is 2. The Hall–Kier alpha value is -2.40. The smallest absolute Gasteiger partial charge is 0.257 e. The van der Waals surface area contributed by atoms with E-state index in [1.165, 1.54) is 5.56 Å². The molecule has 0 saturated heterocycles. The number of hydrogen-bond donors (Lipinski definition) is 3. The van der Waals surface area contributed by atoms with Crippen LogP contribution < -0.4 is 10.6 Å². The summed E-state index contributed by atoms with van der Waals surface area (Å²) in [4.78, 5) is 12.3. The van der Waals surface area contributed by atoms with E-state index < -0.39 is 0 Å². The van der Waals surface area contributed by atoms with Crippen molar-refractivity contribution in [2.24, 2.45) is 0 Å². The largest absolute Gasteiger partial charge is 0.506 e. The van der Waals surface area contributed by atoms with Gasteiger partial charge in [-0.25, -0.2) is 0 Å². The van der Waals surface area contributed by atoms with Crippen molar-refractivity contribution in [3.05, 3.63) is 59.2 Å². The lowest BCUT2D eigenvalue weighted by atomic mass is 9.87. The molecule has 0 aliphatic rings.